The summed E-state index contributed by atoms with van der Waals surface area (Å²) in [6.45, 7) is 3.33. The van der Waals surface area contributed by atoms with Crippen LogP contribution in [0.2, 0.25) is 0 Å². The Morgan fingerprint density at radius 2 is 1.95 bits per heavy atom. The lowest BCUT2D eigenvalue weighted by atomic mass is 10.0. The molecule has 0 spiro atoms. The highest BCUT2D eigenvalue weighted by Crippen LogP contribution is 2.33. The van der Waals surface area contributed by atoms with Crippen molar-refractivity contribution in [2.45, 2.75) is 38.0 Å². The summed E-state index contributed by atoms with van der Waals surface area (Å²) < 4.78 is 0. The van der Waals surface area contributed by atoms with Crippen LogP contribution in [0.5, 0.6) is 0 Å². The first kappa shape index (κ1) is 12.9. The van der Waals surface area contributed by atoms with Crippen LogP contribution in [-0.4, -0.2) is 36.6 Å². The van der Waals surface area contributed by atoms with Crippen molar-refractivity contribution in [3.8, 4) is 0 Å². The zero-order chi connectivity index (χ0) is 13.1. The van der Waals surface area contributed by atoms with Gasteiger partial charge in [-0.2, -0.15) is 0 Å². The van der Waals surface area contributed by atoms with Crippen molar-refractivity contribution in [2.75, 3.05) is 31.6 Å². The maximum atomic E-state index is 4.56. The summed E-state index contributed by atoms with van der Waals surface area (Å²) in [6.07, 6.45) is 10.7. The van der Waals surface area contributed by atoms with E-state index in [1.54, 1.807) is 0 Å². The summed E-state index contributed by atoms with van der Waals surface area (Å²) in [4.78, 5) is 11.3. The molecule has 4 heteroatoms. The Morgan fingerprint density at radius 3 is 2.58 bits per heavy atom. The van der Waals surface area contributed by atoms with Crippen LogP contribution in [0.4, 0.5) is 5.95 Å². The fraction of sp³-hybridized carbons (Fsp3) is 0.733. The molecule has 104 valence electrons. The normalized spacial score (nSPS) is 23.9. The molecule has 0 bridgehead atoms. The molecule has 1 aromatic heterocycles. The SMILES string of the molecule is CN(CC1CCNC1)c1ncc(C2CCCC2)cn1. The van der Waals surface area contributed by atoms with Crippen LogP contribution in [0.1, 0.15) is 43.6 Å². The Balaban J connectivity index is 1.60. The maximum absolute atomic E-state index is 4.56. The molecule has 19 heavy (non-hydrogen) atoms. The molecule has 2 aliphatic rings. The predicted molar refractivity (Wildman–Crippen MR) is 77.5 cm³/mol. The van der Waals surface area contributed by atoms with Crippen molar-refractivity contribution in [3.63, 3.8) is 0 Å². The number of anilines is 1. The third-order valence-corrected chi connectivity index (χ3v) is 4.52. The molecular weight excluding hydrogens is 236 g/mol. The molecule has 1 N–H and O–H groups in total. The smallest absolute Gasteiger partial charge is 0.225 e. The van der Waals surface area contributed by atoms with Gasteiger partial charge in [-0.3, -0.25) is 0 Å². The molecule has 0 amide bonds. The topological polar surface area (TPSA) is 41.0 Å². The van der Waals surface area contributed by atoms with E-state index in [2.05, 4.69) is 27.2 Å². The Labute approximate surface area is 115 Å². The third kappa shape index (κ3) is 3.06. The average Bonchev–Trinajstić information content (AvgIpc) is 3.12. The summed E-state index contributed by atoms with van der Waals surface area (Å²) in [7, 11) is 2.10. The molecule has 1 aromatic rings. The standard InChI is InChI=1S/C15H24N4/c1-19(11-12-6-7-16-8-12)15-17-9-14(10-18-15)13-4-2-3-5-13/h9-10,12-13,16H,2-8,11H2,1H3. The van der Waals surface area contributed by atoms with Crippen LogP contribution in [0, 0.1) is 5.92 Å². The van der Waals surface area contributed by atoms with E-state index < -0.39 is 0 Å². The highest BCUT2D eigenvalue weighted by molar-refractivity contribution is 5.29. The van der Waals surface area contributed by atoms with Crippen LogP contribution >= 0.6 is 0 Å². The first-order valence-electron chi connectivity index (χ1n) is 7.57. The summed E-state index contributed by atoms with van der Waals surface area (Å²) in [6, 6.07) is 0. The van der Waals surface area contributed by atoms with Crippen molar-refractivity contribution in [1.82, 2.24) is 15.3 Å². The minimum atomic E-state index is 0.707. The molecular formula is C15H24N4. The van der Waals surface area contributed by atoms with E-state index in [4.69, 9.17) is 0 Å². The number of nitrogens with zero attached hydrogens (tertiary/aromatic N) is 3. The van der Waals surface area contributed by atoms with Gasteiger partial charge in [0.05, 0.1) is 0 Å². The van der Waals surface area contributed by atoms with Crippen LogP contribution in [0.25, 0.3) is 0 Å². The van der Waals surface area contributed by atoms with Crippen molar-refractivity contribution in [3.05, 3.63) is 18.0 Å². The molecule has 4 nitrogen and oxygen atoms in total. The second-order valence-electron chi connectivity index (χ2n) is 6.04. The first-order valence-corrected chi connectivity index (χ1v) is 7.57. The van der Waals surface area contributed by atoms with Gasteiger partial charge in [-0.15, -0.1) is 0 Å². The van der Waals surface area contributed by atoms with Crippen LogP contribution in [0.15, 0.2) is 12.4 Å². The second-order valence-corrected chi connectivity index (χ2v) is 6.04. The van der Waals surface area contributed by atoms with Gasteiger partial charge in [-0.1, -0.05) is 12.8 Å². The van der Waals surface area contributed by atoms with Crippen LogP contribution in [0.3, 0.4) is 0 Å². The third-order valence-electron chi connectivity index (χ3n) is 4.52. The minimum absolute atomic E-state index is 0.707. The van der Waals surface area contributed by atoms with E-state index in [9.17, 15) is 0 Å². The van der Waals surface area contributed by atoms with Crippen LogP contribution < -0.4 is 10.2 Å². The van der Waals surface area contributed by atoms with Crippen molar-refractivity contribution >= 4 is 5.95 Å². The lowest BCUT2D eigenvalue weighted by Crippen LogP contribution is -2.28. The largest absolute Gasteiger partial charge is 0.344 e. The number of nitrogens with one attached hydrogen (secondary N) is 1. The predicted octanol–water partition coefficient (Wildman–Crippen LogP) is 2.18. The Morgan fingerprint density at radius 1 is 1.21 bits per heavy atom. The van der Waals surface area contributed by atoms with E-state index in [1.807, 2.05) is 12.4 Å². The van der Waals surface area contributed by atoms with E-state index >= 15 is 0 Å². The summed E-state index contributed by atoms with van der Waals surface area (Å²) in [5.41, 5.74) is 1.33. The van der Waals surface area contributed by atoms with E-state index in [0.29, 0.717) is 5.92 Å². The molecule has 1 saturated carbocycles. The molecule has 3 rings (SSSR count). The van der Waals surface area contributed by atoms with Crippen molar-refractivity contribution < 1.29 is 0 Å². The zero-order valence-corrected chi connectivity index (χ0v) is 11.8. The summed E-state index contributed by atoms with van der Waals surface area (Å²) in [5, 5.41) is 3.41. The van der Waals surface area contributed by atoms with Gasteiger partial charge in [0.1, 0.15) is 0 Å². The molecule has 1 unspecified atom stereocenters. The van der Waals surface area contributed by atoms with Gasteiger partial charge in [-0.05, 0) is 49.8 Å². The molecule has 1 saturated heterocycles. The second kappa shape index (κ2) is 5.87. The Hall–Kier alpha value is -1.16. The highest BCUT2D eigenvalue weighted by atomic mass is 15.2. The quantitative estimate of drug-likeness (QED) is 0.901. The lowest BCUT2D eigenvalue weighted by Gasteiger charge is -2.21. The van der Waals surface area contributed by atoms with Gasteiger partial charge >= 0.3 is 0 Å². The van der Waals surface area contributed by atoms with Gasteiger partial charge in [0, 0.05) is 26.0 Å². The maximum Gasteiger partial charge on any atom is 0.225 e. The van der Waals surface area contributed by atoms with Gasteiger partial charge in [0.2, 0.25) is 5.95 Å². The lowest BCUT2D eigenvalue weighted by molar-refractivity contribution is 0.572. The van der Waals surface area contributed by atoms with Gasteiger partial charge in [-0.25, -0.2) is 9.97 Å². The highest BCUT2D eigenvalue weighted by Gasteiger charge is 2.20. The van der Waals surface area contributed by atoms with E-state index in [-0.39, 0.29) is 0 Å². The molecule has 1 atom stereocenters. The molecule has 1 aliphatic carbocycles. The zero-order valence-electron chi connectivity index (χ0n) is 11.8. The number of rotatable bonds is 4. The van der Waals surface area contributed by atoms with Crippen molar-refractivity contribution in [1.29, 1.82) is 0 Å². The van der Waals surface area contributed by atoms with Gasteiger partial charge in [0.15, 0.2) is 0 Å². The first-order chi connectivity index (χ1) is 9.33. The van der Waals surface area contributed by atoms with Gasteiger partial charge in [0.25, 0.3) is 0 Å². The number of hydrogen-bond donors (Lipinski definition) is 1. The van der Waals surface area contributed by atoms with E-state index in [0.717, 1.165) is 31.5 Å². The molecule has 2 fully saturated rings. The van der Waals surface area contributed by atoms with Crippen molar-refractivity contribution in [2.24, 2.45) is 5.92 Å². The fourth-order valence-electron chi connectivity index (χ4n) is 3.34. The number of aromatic nitrogens is 2. The van der Waals surface area contributed by atoms with Crippen LogP contribution in [-0.2, 0) is 0 Å². The van der Waals surface area contributed by atoms with Gasteiger partial charge < -0.3 is 10.2 Å². The molecule has 0 aromatic carbocycles. The minimum Gasteiger partial charge on any atom is -0.344 e. The Bertz CT molecular complexity index is 391. The number of hydrogen-bond acceptors (Lipinski definition) is 4. The summed E-state index contributed by atoms with van der Waals surface area (Å²) >= 11 is 0. The molecule has 1 aliphatic heterocycles. The monoisotopic (exact) mass is 260 g/mol. The fourth-order valence-corrected chi connectivity index (χ4v) is 3.34. The molecule has 2 heterocycles. The Kier molecular flexibility index (Phi) is 3.97. The summed E-state index contributed by atoms with van der Waals surface area (Å²) in [5.74, 6) is 2.31. The van der Waals surface area contributed by atoms with E-state index in [1.165, 1.54) is 37.7 Å². The average molecular weight is 260 g/mol. The molecule has 0 radical (unpaired) electrons.